The van der Waals surface area contributed by atoms with Gasteiger partial charge in [-0.15, -0.1) is 10.2 Å². The first kappa shape index (κ1) is 29.4. The number of rotatable bonds is 5. The van der Waals surface area contributed by atoms with Crippen molar-refractivity contribution in [2.45, 2.75) is 45.1 Å². The summed E-state index contributed by atoms with van der Waals surface area (Å²) in [6, 6.07) is 4.63. The van der Waals surface area contributed by atoms with Crippen molar-refractivity contribution in [1.82, 2.24) is 19.7 Å². The summed E-state index contributed by atoms with van der Waals surface area (Å²) in [5, 5.41) is 24.2. The lowest BCUT2D eigenvalue weighted by Crippen LogP contribution is -2.42. The third kappa shape index (κ3) is 7.25. The zero-order chi connectivity index (χ0) is 29.1. The van der Waals surface area contributed by atoms with Crippen LogP contribution in [-0.2, 0) is 30.5 Å². The van der Waals surface area contributed by atoms with Gasteiger partial charge < -0.3 is 25.4 Å². The van der Waals surface area contributed by atoms with Gasteiger partial charge in [0, 0.05) is 31.6 Å². The molecule has 4 N–H and O–H groups in total. The van der Waals surface area contributed by atoms with Crippen molar-refractivity contribution in [3.8, 4) is 5.75 Å². The van der Waals surface area contributed by atoms with Crippen LogP contribution in [0.1, 0.15) is 39.6 Å². The summed E-state index contributed by atoms with van der Waals surface area (Å²) in [6.07, 6.45) is -5.11. The highest BCUT2D eigenvalue weighted by Gasteiger charge is 2.40. The molecule has 1 aromatic heterocycles. The predicted molar refractivity (Wildman–Crippen MR) is 123 cm³/mol. The van der Waals surface area contributed by atoms with Crippen LogP contribution in [0.25, 0.3) is 0 Å². The molecule has 1 aliphatic rings. The number of carboxylic acids is 1. The molecule has 39 heavy (non-hydrogen) atoms. The summed E-state index contributed by atoms with van der Waals surface area (Å²) in [5.74, 6) is -6.44. The number of hydrogen-bond acceptors (Lipinski definition) is 6. The molecule has 1 aliphatic heterocycles. The summed E-state index contributed by atoms with van der Waals surface area (Å²) in [6.45, 7) is 1.48. The number of carbonyl (C=O) groups excluding carboxylic acids is 1. The topological polar surface area (TPSA) is 135 Å². The molecule has 1 amide bonds. The highest BCUT2D eigenvalue weighted by atomic mass is 19.4. The van der Waals surface area contributed by atoms with E-state index in [9.17, 15) is 35.9 Å². The van der Waals surface area contributed by atoms with Crippen molar-refractivity contribution >= 4 is 11.9 Å². The van der Waals surface area contributed by atoms with E-state index in [0.29, 0.717) is 12.1 Å². The fraction of sp³-hybridized carbons (Fsp3) is 0.333. The maximum absolute atomic E-state index is 13.7. The van der Waals surface area contributed by atoms with Crippen LogP contribution < -0.4 is 5.73 Å². The number of carboxylic acid groups (broad SMARTS) is 1. The number of alkyl halides is 3. The summed E-state index contributed by atoms with van der Waals surface area (Å²) in [7, 11) is 0. The Bertz CT molecular complexity index is 1380. The van der Waals surface area contributed by atoms with Gasteiger partial charge in [-0.25, -0.2) is 18.0 Å². The van der Waals surface area contributed by atoms with Crippen LogP contribution in [0.2, 0.25) is 0 Å². The van der Waals surface area contributed by atoms with E-state index in [-0.39, 0.29) is 55.2 Å². The largest absolute Gasteiger partial charge is 0.507 e. The van der Waals surface area contributed by atoms with E-state index >= 15 is 0 Å². The Morgan fingerprint density at radius 3 is 2.33 bits per heavy atom. The minimum Gasteiger partial charge on any atom is -0.507 e. The van der Waals surface area contributed by atoms with Crippen molar-refractivity contribution in [3.63, 3.8) is 0 Å². The van der Waals surface area contributed by atoms with Crippen LogP contribution in [0.4, 0.5) is 26.3 Å². The average Bonchev–Trinajstić information content (AvgIpc) is 3.26. The minimum absolute atomic E-state index is 0.000783. The third-order valence-corrected chi connectivity index (χ3v) is 5.75. The molecule has 0 unspecified atom stereocenters. The predicted octanol–water partition coefficient (Wildman–Crippen LogP) is 3.42. The van der Waals surface area contributed by atoms with Gasteiger partial charge >= 0.3 is 12.1 Å². The van der Waals surface area contributed by atoms with E-state index in [4.69, 9.17) is 15.9 Å². The van der Waals surface area contributed by atoms with Crippen LogP contribution in [0.3, 0.4) is 0 Å². The quantitative estimate of drug-likeness (QED) is 0.322. The molecule has 0 bridgehead atoms. The maximum Gasteiger partial charge on any atom is 0.451 e. The first-order chi connectivity index (χ1) is 18.2. The van der Waals surface area contributed by atoms with Gasteiger partial charge in [0.1, 0.15) is 17.1 Å². The van der Waals surface area contributed by atoms with Crippen molar-refractivity contribution in [2.75, 3.05) is 6.54 Å². The van der Waals surface area contributed by atoms with E-state index < -0.39 is 47.4 Å². The molecular weight excluding hydrogens is 536 g/mol. The smallest absolute Gasteiger partial charge is 0.451 e. The molecule has 210 valence electrons. The van der Waals surface area contributed by atoms with E-state index in [1.54, 1.807) is 13.0 Å². The maximum atomic E-state index is 13.7. The second-order valence-corrected chi connectivity index (χ2v) is 8.76. The number of fused-ring (bicyclic) bond motifs is 1. The molecule has 1 atom stereocenters. The number of benzene rings is 2. The molecule has 15 heteroatoms. The Balaban J connectivity index is 0.000000320. The lowest BCUT2D eigenvalue weighted by Gasteiger charge is -2.29. The summed E-state index contributed by atoms with van der Waals surface area (Å²) >= 11 is 0. The van der Waals surface area contributed by atoms with Gasteiger partial charge in [-0.3, -0.25) is 4.79 Å². The highest BCUT2D eigenvalue weighted by molar-refractivity contribution is 5.90. The van der Waals surface area contributed by atoms with Crippen LogP contribution in [0, 0.1) is 24.4 Å². The molecule has 0 fully saturated rings. The zero-order valence-electron chi connectivity index (χ0n) is 20.3. The highest BCUT2D eigenvalue weighted by Crippen LogP contribution is 2.29. The standard InChI is InChI=1S/C16H15F6N5O.C8H8O3/c17-10-6-12(19)11(18)4-8(10)3-9(23)5-14(28)26-1-2-27-13(7-26)24-25-15(27)16(20,21)22;1-5-2-3-6(8(10)11)7(9)4-5/h4,6,9H,1-3,5,7,23H2;2-4,9H,1H3,(H,10,11)/t9-;/m1./s1. The molecular formula is C24H23F6N5O4. The molecule has 0 saturated heterocycles. The zero-order valence-corrected chi connectivity index (χ0v) is 20.3. The molecule has 0 aliphatic carbocycles. The average molecular weight is 559 g/mol. The first-order valence-electron chi connectivity index (χ1n) is 11.4. The van der Waals surface area contributed by atoms with Crippen LogP contribution in [0.5, 0.6) is 5.75 Å². The number of aryl methyl sites for hydroxylation is 1. The van der Waals surface area contributed by atoms with Gasteiger partial charge in [0.05, 0.1) is 6.54 Å². The minimum atomic E-state index is -4.64. The summed E-state index contributed by atoms with van der Waals surface area (Å²) in [5.41, 5.74) is 6.42. The number of aromatic hydroxyl groups is 1. The SMILES string of the molecule is Cc1ccc(C(=O)O)c(O)c1.N[C@@H](CC(=O)N1CCn2c(nnc2C(F)(F)F)C1)Cc1cc(F)c(F)cc1F. The number of nitrogens with two attached hydrogens (primary N) is 1. The molecule has 0 spiro atoms. The Labute approximate surface area is 217 Å². The molecule has 9 nitrogen and oxygen atoms in total. The van der Waals surface area contributed by atoms with Crippen LogP contribution in [0.15, 0.2) is 30.3 Å². The Morgan fingerprint density at radius 1 is 1.05 bits per heavy atom. The molecule has 3 aromatic rings. The van der Waals surface area contributed by atoms with Gasteiger partial charge in [-0.1, -0.05) is 6.07 Å². The molecule has 2 aromatic carbocycles. The van der Waals surface area contributed by atoms with Crippen molar-refractivity contribution in [1.29, 1.82) is 0 Å². The van der Waals surface area contributed by atoms with Crippen molar-refractivity contribution in [3.05, 3.63) is 76.1 Å². The Morgan fingerprint density at radius 2 is 1.72 bits per heavy atom. The molecule has 0 radical (unpaired) electrons. The lowest BCUT2D eigenvalue weighted by molar-refractivity contribution is -0.148. The van der Waals surface area contributed by atoms with E-state index in [2.05, 4.69) is 10.2 Å². The van der Waals surface area contributed by atoms with Gasteiger partial charge in [0.25, 0.3) is 0 Å². The molecule has 2 heterocycles. The van der Waals surface area contributed by atoms with Gasteiger partial charge in [0.15, 0.2) is 17.5 Å². The van der Waals surface area contributed by atoms with Crippen molar-refractivity contribution < 1.29 is 46.1 Å². The van der Waals surface area contributed by atoms with E-state index in [1.165, 1.54) is 17.0 Å². The van der Waals surface area contributed by atoms with Gasteiger partial charge in [-0.05, 0) is 42.7 Å². The monoisotopic (exact) mass is 559 g/mol. The van der Waals surface area contributed by atoms with E-state index in [0.717, 1.165) is 10.1 Å². The fourth-order valence-electron chi connectivity index (χ4n) is 3.83. The lowest BCUT2D eigenvalue weighted by atomic mass is 10.0. The number of aromatic carboxylic acids is 1. The Kier molecular flexibility index (Phi) is 8.84. The summed E-state index contributed by atoms with van der Waals surface area (Å²) in [4.78, 5) is 24.0. The second-order valence-electron chi connectivity index (χ2n) is 8.76. The molecule has 0 saturated carbocycles. The number of carbonyl (C=O) groups is 2. The number of aromatic nitrogens is 3. The fourth-order valence-corrected chi connectivity index (χ4v) is 3.83. The van der Waals surface area contributed by atoms with Crippen LogP contribution >= 0.6 is 0 Å². The third-order valence-electron chi connectivity index (χ3n) is 5.75. The van der Waals surface area contributed by atoms with Crippen molar-refractivity contribution in [2.24, 2.45) is 5.73 Å². The normalized spacial score (nSPS) is 13.8. The summed E-state index contributed by atoms with van der Waals surface area (Å²) < 4.78 is 79.3. The number of phenols is 1. The van der Waals surface area contributed by atoms with Gasteiger partial charge in [0.2, 0.25) is 11.7 Å². The number of nitrogens with zero attached hydrogens (tertiary/aromatic N) is 4. The van der Waals surface area contributed by atoms with E-state index in [1.807, 2.05) is 0 Å². The Hall–Kier alpha value is -4.14. The number of amides is 1. The molecule has 4 rings (SSSR count). The first-order valence-corrected chi connectivity index (χ1v) is 11.4. The second kappa shape index (κ2) is 11.7. The number of hydrogen-bond donors (Lipinski definition) is 3. The van der Waals surface area contributed by atoms with Gasteiger partial charge in [-0.2, -0.15) is 13.2 Å². The number of halogens is 6. The van der Waals surface area contributed by atoms with Crippen LogP contribution in [-0.4, -0.2) is 54.3 Å².